The van der Waals surface area contributed by atoms with E-state index in [9.17, 15) is 4.21 Å². The van der Waals surface area contributed by atoms with Gasteiger partial charge in [-0.05, 0) is 0 Å². The molecular formula is C5H4N2OS2. The van der Waals surface area contributed by atoms with Crippen molar-refractivity contribution < 1.29 is 4.21 Å². The van der Waals surface area contributed by atoms with Crippen LogP contribution in [0.5, 0.6) is 0 Å². The van der Waals surface area contributed by atoms with Crippen LogP contribution in [-0.2, 0) is 10.8 Å². The van der Waals surface area contributed by atoms with Gasteiger partial charge in [0.2, 0.25) is 0 Å². The Morgan fingerprint density at radius 1 is 1.90 bits per heavy atom. The van der Waals surface area contributed by atoms with Gasteiger partial charge in [-0.1, -0.05) is 0 Å². The van der Waals surface area contributed by atoms with Crippen molar-refractivity contribution in [2.75, 3.05) is 6.26 Å². The number of nitriles is 1. The van der Waals surface area contributed by atoms with Crippen LogP contribution in [0.3, 0.4) is 0 Å². The second-order valence-corrected chi connectivity index (χ2v) is 3.98. The van der Waals surface area contributed by atoms with Crippen molar-refractivity contribution in [2.45, 2.75) is 4.34 Å². The Morgan fingerprint density at radius 2 is 2.60 bits per heavy atom. The smallest absolute Gasteiger partial charge is 0.181 e. The first kappa shape index (κ1) is 7.38. The second-order valence-electron chi connectivity index (χ2n) is 1.56. The molecule has 0 aliphatic carbocycles. The lowest BCUT2D eigenvalue weighted by atomic mass is 10.6. The number of nitrogens with zero attached hydrogens (tertiary/aromatic N) is 2. The van der Waals surface area contributed by atoms with Crippen LogP contribution in [0.4, 0.5) is 0 Å². The van der Waals surface area contributed by atoms with Crippen LogP contribution in [0.25, 0.3) is 0 Å². The topological polar surface area (TPSA) is 53.8 Å². The molecule has 3 nitrogen and oxygen atoms in total. The Bertz CT molecular complexity index is 299. The quantitative estimate of drug-likeness (QED) is 0.628. The Balaban J connectivity index is 3.02. The molecule has 5 heteroatoms. The van der Waals surface area contributed by atoms with Crippen LogP contribution in [0.2, 0.25) is 0 Å². The van der Waals surface area contributed by atoms with E-state index in [2.05, 4.69) is 4.98 Å². The number of aromatic nitrogens is 1. The third kappa shape index (κ3) is 1.40. The summed E-state index contributed by atoms with van der Waals surface area (Å²) < 4.78 is 11.2. The van der Waals surface area contributed by atoms with Crippen molar-refractivity contribution in [1.29, 1.82) is 5.26 Å². The number of hydrogen-bond acceptors (Lipinski definition) is 4. The van der Waals surface area contributed by atoms with E-state index in [0.29, 0.717) is 10.0 Å². The van der Waals surface area contributed by atoms with Crippen molar-refractivity contribution in [3.05, 3.63) is 11.1 Å². The molecule has 10 heavy (non-hydrogen) atoms. The van der Waals surface area contributed by atoms with Gasteiger partial charge >= 0.3 is 0 Å². The minimum atomic E-state index is -1.05. The molecule has 0 radical (unpaired) electrons. The molecule has 0 aromatic carbocycles. The molecular weight excluding hydrogens is 168 g/mol. The zero-order valence-corrected chi connectivity index (χ0v) is 6.83. The third-order valence-electron chi connectivity index (χ3n) is 0.844. The van der Waals surface area contributed by atoms with Gasteiger partial charge in [-0.25, -0.2) is 4.98 Å². The number of rotatable bonds is 1. The van der Waals surface area contributed by atoms with Crippen molar-refractivity contribution in [3.8, 4) is 6.07 Å². The lowest BCUT2D eigenvalue weighted by molar-refractivity contribution is 0.686. The lowest BCUT2D eigenvalue weighted by Crippen LogP contribution is -1.84. The highest BCUT2D eigenvalue weighted by molar-refractivity contribution is 7.86. The van der Waals surface area contributed by atoms with Gasteiger partial charge in [-0.2, -0.15) is 5.26 Å². The summed E-state index contributed by atoms with van der Waals surface area (Å²) in [6.07, 6.45) is 1.54. The summed E-state index contributed by atoms with van der Waals surface area (Å²) in [5.41, 5.74) is 0.343. The lowest BCUT2D eigenvalue weighted by Gasteiger charge is -1.80. The van der Waals surface area contributed by atoms with E-state index in [1.165, 1.54) is 11.3 Å². The van der Waals surface area contributed by atoms with E-state index in [-0.39, 0.29) is 0 Å². The van der Waals surface area contributed by atoms with E-state index in [1.54, 1.807) is 11.6 Å². The van der Waals surface area contributed by atoms with Crippen molar-refractivity contribution in [2.24, 2.45) is 0 Å². The predicted octanol–water partition coefficient (Wildman–Crippen LogP) is 0.752. The highest BCUT2D eigenvalue weighted by Gasteiger charge is 2.02. The molecule has 0 amide bonds. The van der Waals surface area contributed by atoms with Gasteiger partial charge in [-0.3, -0.25) is 4.21 Å². The molecule has 52 valence electrons. The Kier molecular flexibility index (Phi) is 2.14. The molecule has 1 heterocycles. The second kappa shape index (κ2) is 2.90. The van der Waals surface area contributed by atoms with Crippen LogP contribution < -0.4 is 0 Å². The molecule has 0 aliphatic heterocycles. The van der Waals surface area contributed by atoms with Gasteiger partial charge < -0.3 is 0 Å². The summed E-state index contributed by atoms with van der Waals surface area (Å²) in [6, 6.07) is 1.87. The van der Waals surface area contributed by atoms with Crippen molar-refractivity contribution in [1.82, 2.24) is 4.98 Å². The SMILES string of the molecule is CS(=O)c1nc(C#N)cs1. The fraction of sp³-hybridized carbons (Fsp3) is 0.200. The average molecular weight is 172 g/mol. The molecule has 1 rings (SSSR count). The maximum Gasteiger partial charge on any atom is 0.181 e. The van der Waals surface area contributed by atoms with Crippen LogP contribution in [0.1, 0.15) is 5.69 Å². The predicted molar refractivity (Wildman–Crippen MR) is 39.2 cm³/mol. The van der Waals surface area contributed by atoms with E-state index in [1.807, 2.05) is 6.07 Å². The maximum atomic E-state index is 10.7. The van der Waals surface area contributed by atoms with Crippen LogP contribution in [0.15, 0.2) is 9.72 Å². The summed E-state index contributed by atoms with van der Waals surface area (Å²) in [6.45, 7) is 0. The first-order valence-electron chi connectivity index (χ1n) is 2.43. The number of thiazole rings is 1. The molecule has 0 saturated carbocycles. The fourth-order valence-electron chi connectivity index (χ4n) is 0.441. The molecule has 0 spiro atoms. The molecule has 1 aromatic heterocycles. The van der Waals surface area contributed by atoms with E-state index in [4.69, 9.17) is 5.26 Å². The largest absolute Gasteiger partial charge is 0.252 e. The van der Waals surface area contributed by atoms with Crippen molar-refractivity contribution >= 4 is 22.1 Å². The van der Waals surface area contributed by atoms with Crippen LogP contribution in [0, 0.1) is 11.3 Å². The molecule has 0 fully saturated rings. The van der Waals surface area contributed by atoms with Gasteiger partial charge in [0.15, 0.2) is 10.0 Å². The summed E-state index contributed by atoms with van der Waals surface area (Å²) in [7, 11) is -1.05. The Morgan fingerprint density at radius 3 is 2.90 bits per heavy atom. The van der Waals surface area contributed by atoms with Gasteiger partial charge in [-0.15, -0.1) is 11.3 Å². The highest BCUT2D eigenvalue weighted by atomic mass is 32.2. The molecule has 1 atom stereocenters. The zero-order valence-electron chi connectivity index (χ0n) is 5.20. The third-order valence-corrected chi connectivity index (χ3v) is 3.05. The molecule has 1 unspecified atom stereocenters. The van der Waals surface area contributed by atoms with Crippen LogP contribution >= 0.6 is 11.3 Å². The van der Waals surface area contributed by atoms with E-state index >= 15 is 0 Å². The standard InChI is InChI=1S/C5H4N2OS2/c1-10(8)5-7-4(2-6)3-9-5/h3H,1H3. The maximum absolute atomic E-state index is 10.7. The first-order valence-corrected chi connectivity index (χ1v) is 4.87. The van der Waals surface area contributed by atoms with Gasteiger partial charge in [0, 0.05) is 11.6 Å². The Labute approximate surface area is 64.8 Å². The molecule has 0 aliphatic rings. The molecule has 1 aromatic rings. The summed E-state index contributed by atoms with van der Waals surface area (Å²) in [5, 5.41) is 9.92. The minimum absolute atomic E-state index is 0.343. The fourth-order valence-corrected chi connectivity index (χ4v) is 1.82. The van der Waals surface area contributed by atoms with Gasteiger partial charge in [0.25, 0.3) is 0 Å². The first-order chi connectivity index (χ1) is 4.74. The van der Waals surface area contributed by atoms with E-state index < -0.39 is 10.8 Å². The monoisotopic (exact) mass is 172 g/mol. The zero-order chi connectivity index (χ0) is 7.56. The molecule has 0 bridgehead atoms. The highest BCUT2D eigenvalue weighted by Crippen LogP contribution is 2.11. The normalized spacial score (nSPS) is 12.4. The summed E-state index contributed by atoms with van der Waals surface area (Å²) in [4.78, 5) is 3.79. The Hall–Kier alpha value is -0.730. The minimum Gasteiger partial charge on any atom is -0.252 e. The summed E-state index contributed by atoms with van der Waals surface area (Å²) in [5.74, 6) is 0. The molecule has 0 N–H and O–H groups in total. The summed E-state index contributed by atoms with van der Waals surface area (Å²) >= 11 is 1.25. The number of hydrogen-bond donors (Lipinski definition) is 0. The van der Waals surface area contributed by atoms with Crippen molar-refractivity contribution in [3.63, 3.8) is 0 Å². The van der Waals surface area contributed by atoms with E-state index in [0.717, 1.165) is 0 Å². The van der Waals surface area contributed by atoms with Gasteiger partial charge in [0.05, 0.1) is 10.8 Å². The van der Waals surface area contributed by atoms with Gasteiger partial charge in [0.1, 0.15) is 6.07 Å². The molecule has 0 saturated heterocycles. The average Bonchev–Trinajstić information content (AvgIpc) is 2.34. The van der Waals surface area contributed by atoms with Crippen LogP contribution in [-0.4, -0.2) is 15.4 Å².